The van der Waals surface area contributed by atoms with Crippen LogP contribution in [0.25, 0.3) is 6.08 Å². The molecule has 0 bridgehead atoms. The van der Waals surface area contributed by atoms with Crippen LogP contribution in [0.4, 0.5) is 0 Å². The first-order chi connectivity index (χ1) is 9.54. The summed E-state index contributed by atoms with van der Waals surface area (Å²) in [5, 5.41) is 1.10. The minimum Gasteiger partial charge on any atom is -0.451 e. The molecule has 0 saturated carbocycles. The van der Waals surface area contributed by atoms with Crippen LogP contribution in [0, 0.1) is 6.92 Å². The Bertz CT molecular complexity index is 731. The number of carbonyl (C=O) groups excluding carboxylic acids is 1. The number of allylic oxidation sites excluding steroid dienone is 1. The lowest BCUT2D eigenvalue weighted by molar-refractivity contribution is 0.101. The summed E-state index contributed by atoms with van der Waals surface area (Å²) in [6.07, 6.45) is 1.68. The van der Waals surface area contributed by atoms with E-state index in [9.17, 15) is 4.79 Å². The number of hydrogen-bond donors (Lipinski definition) is 0. The predicted octanol–water partition coefficient (Wildman–Crippen LogP) is 4.92. The Morgan fingerprint density at radius 1 is 1.10 bits per heavy atom. The summed E-state index contributed by atoms with van der Waals surface area (Å²) in [4.78, 5) is 12.3. The van der Waals surface area contributed by atoms with Crippen LogP contribution in [0.15, 0.2) is 42.2 Å². The summed E-state index contributed by atoms with van der Waals surface area (Å²) in [6.45, 7) is 1.89. The first-order valence-corrected chi connectivity index (χ1v) is 6.80. The number of fused-ring (bicyclic) bond motifs is 1. The first-order valence-electron chi connectivity index (χ1n) is 6.04. The molecule has 0 fully saturated rings. The average molecular weight is 305 g/mol. The monoisotopic (exact) mass is 304 g/mol. The molecule has 2 aromatic rings. The Labute approximate surface area is 126 Å². The highest BCUT2D eigenvalue weighted by Crippen LogP contribution is 2.38. The van der Waals surface area contributed by atoms with Gasteiger partial charge >= 0.3 is 0 Å². The molecule has 2 nitrogen and oxygen atoms in total. The molecule has 100 valence electrons. The van der Waals surface area contributed by atoms with Crippen LogP contribution in [-0.2, 0) is 0 Å². The summed E-state index contributed by atoms with van der Waals surface area (Å²) in [5.74, 6) is 0.554. The van der Waals surface area contributed by atoms with Gasteiger partial charge in [0.2, 0.25) is 5.78 Å². The third-order valence-electron chi connectivity index (χ3n) is 3.04. The smallest absolute Gasteiger partial charge is 0.232 e. The summed E-state index contributed by atoms with van der Waals surface area (Å²) in [7, 11) is 0. The zero-order chi connectivity index (χ0) is 14.3. The zero-order valence-corrected chi connectivity index (χ0v) is 12.1. The van der Waals surface area contributed by atoms with E-state index in [1.807, 2.05) is 19.1 Å². The van der Waals surface area contributed by atoms with Crippen LogP contribution in [0.2, 0.25) is 10.0 Å². The van der Waals surface area contributed by atoms with Crippen molar-refractivity contribution in [2.24, 2.45) is 0 Å². The SMILES string of the molecule is Cc1cc(Cl)c2c(c1)C(=O)C(=Cc1ccc(Cl)cc1)O2. The largest absolute Gasteiger partial charge is 0.451 e. The van der Waals surface area contributed by atoms with Gasteiger partial charge in [0.15, 0.2) is 11.5 Å². The lowest BCUT2D eigenvalue weighted by atomic mass is 10.1. The van der Waals surface area contributed by atoms with E-state index in [-0.39, 0.29) is 11.5 Å². The molecule has 20 heavy (non-hydrogen) atoms. The number of Topliss-reactive ketones (excluding diaryl/α,β-unsaturated/α-hetero) is 1. The number of aryl methyl sites for hydroxylation is 1. The maximum Gasteiger partial charge on any atom is 0.232 e. The van der Waals surface area contributed by atoms with E-state index >= 15 is 0 Å². The van der Waals surface area contributed by atoms with Gasteiger partial charge in [0.1, 0.15) is 0 Å². The number of ketones is 1. The molecule has 0 N–H and O–H groups in total. The highest BCUT2D eigenvalue weighted by molar-refractivity contribution is 6.33. The normalized spacial score (nSPS) is 15.3. The molecule has 0 saturated heterocycles. The fourth-order valence-corrected chi connectivity index (χ4v) is 2.53. The van der Waals surface area contributed by atoms with Gasteiger partial charge in [-0.1, -0.05) is 35.3 Å². The number of ether oxygens (including phenoxy) is 1. The second-order valence-corrected chi connectivity index (χ2v) is 5.46. The van der Waals surface area contributed by atoms with Crippen LogP contribution >= 0.6 is 23.2 Å². The standard InChI is InChI=1S/C16H10Cl2O2/c1-9-6-12-15(19)14(20-16(12)13(18)7-9)8-10-2-4-11(17)5-3-10/h2-8H,1H3. The second kappa shape index (κ2) is 4.97. The number of halogens is 2. The molecule has 1 aliphatic heterocycles. The summed E-state index contributed by atoms with van der Waals surface area (Å²) >= 11 is 11.9. The van der Waals surface area contributed by atoms with Gasteiger partial charge in [0.05, 0.1) is 10.6 Å². The molecule has 4 heteroatoms. The van der Waals surface area contributed by atoms with Gasteiger partial charge in [0.25, 0.3) is 0 Å². The van der Waals surface area contributed by atoms with Crippen molar-refractivity contribution < 1.29 is 9.53 Å². The third kappa shape index (κ3) is 2.33. The van der Waals surface area contributed by atoms with E-state index in [0.717, 1.165) is 11.1 Å². The van der Waals surface area contributed by atoms with Crippen molar-refractivity contribution in [1.29, 1.82) is 0 Å². The number of rotatable bonds is 1. The number of carbonyl (C=O) groups is 1. The molecule has 2 aromatic carbocycles. The van der Waals surface area contributed by atoms with Crippen molar-refractivity contribution in [3.05, 3.63) is 68.9 Å². The van der Waals surface area contributed by atoms with Gasteiger partial charge < -0.3 is 4.74 Å². The van der Waals surface area contributed by atoms with E-state index in [0.29, 0.717) is 21.4 Å². The summed E-state index contributed by atoms with van der Waals surface area (Å²) in [6, 6.07) is 10.7. The van der Waals surface area contributed by atoms with Crippen molar-refractivity contribution in [2.45, 2.75) is 6.92 Å². The second-order valence-electron chi connectivity index (χ2n) is 4.61. The number of hydrogen-bond acceptors (Lipinski definition) is 2. The molecule has 3 rings (SSSR count). The molecule has 0 aliphatic carbocycles. The van der Waals surface area contributed by atoms with Gasteiger partial charge in [-0.25, -0.2) is 0 Å². The van der Waals surface area contributed by atoms with Crippen molar-refractivity contribution in [1.82, 2.24) is 0 Å². The van der Waals surface area contributed by atoms with Gasteiger partial charge in [-0.05, 0) is 48.4 Å². The van der Waals surface area contributed by atoms with Gasteiger partial charge in [0, 0.05) is 5.02 Å². The molecule has 0 spiro atoms. The van der Waals surface area contributed by atoms with Crippen LogP contribution in [0.3, 0.4) is 0 Å². The fourth-order valence-electron chi connectivity index (χ4n) is 2.10. The Morgan fingerprint density at radius 3 is 2.50 bits per heavy atom. The zero-order valence-electron chi connectivity index (χ0n) is 10.6. The fraction of sp³-hybridized carbons (Fsp3) is 0.0625. The van der Waals surface area contributed by atoms with Crippen molar-refractivity contribution in [2.75, 3.05) is 0 Å². The van der Waals surface area contributed by atoms with Crippen LogP contribution < -0.4 is 4.74 Å². The minimum absolute atomic E-state index is 0.152. The maximum atomic E-state index is 12.3. The molecule has 0 amide bonds. The molecular weight excluding hydrogens is 295 g/mol. The molecule has 1 heterocycles. The van der Waals surface area contributed by atoms with Gasteiger partial charge in [-0.2, -0.15) is 0 Å². The summed E-state index contributed by atoms with van der Waals surface area (Å²) < 4.78 is 5.59. The van der Waals surface area contributed by atoms with E-state index in [1.165, 1.54) is 0 Å². The lowest BCUT2D eigenvalue weighted by Gasteiger charge is -2.01. The Morgan fingerprint density at radius 2 is 1.80 bits per heavy atom. The first kappa shape index (κ1) is 13.2. The van der Waals surface area contributed by atoms with Crippen LogP contribution in [0.1, 0.15) is 21.5 Å². The van der Waals surface area contributed by atoms with Crippen molar-refractivity contribution in [3.63, 3.8) is 0 Å². The molecule has 0 radical (unpaired) electrons. The molecule has 0 aromatic heterocycles. The highest BCUT2D eigenvalue weighted by Gasteiger charge is 2.29. The lowest BCUT2D eigenvalue weighted by Crippen LogP contribution is -1.98. The molecule has 0 atom stereocenters. The van der Waals surface area contributed by atoms with Crippen LogP contribution in [-0.4, -0.2) is 5.78 Å². The highest BCUT2D eigenvalue weighted by atomic mass is 35.5. The molecular formula is C16H10Cl2O2. The Balaban J connectivity index is 2.01. The molecule has 0 unspecified atom stereocenters. The Kier molecular flexibility index (Phi) is 3.28. The number of benzene rings is 2. The third-order valence-corrected chi connectivity index (χ3v) is 3.57. The van der Waals surface area contributed by atoms with E-state index in [4.69, 9.17) is 27.9 Å². The van der Waals surface area contributed by atoms with Gasteiger partial charge in [-0.3, -0.25) is 4.79 Å². The summed E-state index contributed by atoms with van der Waals surface area (Å²) in [5.41, 5.74) is 2.28. The van der Waals surface area contributed by atoms with Crippen molar-refractivity contribution in [3.8, 4) is 5.75 Å². The maximum absolute atomic E-state index is 12.3. The quantitative estimate of drug-likeness (QED) is 0.699. The van der Waals surface area contributed by atoms with Gasteiger partial charge in [-0.15, -0.1) is 0 Å². The van der Waals surface area contributed by atoms with E-state index in [2.05, 4.69) is 0 Å². The van der Waals surface area contributed by atoms with E-state index < -0.39 is 0 Å². The minimum atomic E-state index is -0.152. The molecule has 1 aliphatic rings. The van der Waals surface area contributed by atoms with Crippen LogP contribution in [0.5, 0.6) is 5.75 Å². The predicted molar refractivity (Wildman–Crippen MR) is 80.6 cm³/mol. The van der Waals surface area contributed by atoms with Crippen molar-refractivity contribution >= 4 is 35.1 Å². The Hall–Kier alpha value is -1.77. The van der Waals surface area contributed by atoms with E-state index in [1.54, 1.807) is 30.3 Å². The topological polar surface area (TPSA) is 26.3 Å². The average Bonchev–Trinajstić information content (AvgIpc) is 2.71.